The Morgan fingerprint density at radius 3 is 2.62 bits per heavy atom. The summed E-state index contributed by atoms with van der Waals surface area (Å²) in [6.07, 6.45) is 1.40. The topological polar surface area (TPSA) is 88.2 Å². The number of rotatable bonds is 4. The molecule has 8 heteroatoms. The Morgan fingerprint density at radius 1 is 1.24 bits per heavy atom. The molecule has 0 unspecified atom stereocenters. The molecule has 0 aliphatic carbocycles. The molecule has 2 rings (SSSR count). The fourth-order valence-electron chi connectivity index (χ4n) is 1.63. The van der Waals surface area contributed by atoms with Crippen molar-refractivity contribution in [1.29, 1.82) is 0 Å². The van der Waals surface area contributed by atoms with Crippen molar-refractivity contribution in [3.63, 3.8) is 0 Å². The second-order valence-corrected chi connectivity index (χ2v) is 6.31. The minimum Gasteiger partial charge on any atom is -0.319 e. The largest absolute Gasteiger partial charge is 0.319 e. The van der Waals surface area contributed by atoms with Crippen molar-refractivity contribution in [2.45, 2.75) is 4.90 Å². The molecular formula is C13H12ClN3O3S. The van der Waals surface area contributed by atoms with Gasteiger partial charge in [0.15, 0.2) is 0 Å². The highest BCUT2D eigenvalue weighted by Crippen LogP contribution is 2.21. The van der Waals surface area contributed by atoms with E-state index < -0.39 is 15.9 Å². The first-order chi connectivity index (χ1) is 9.94. The van der Waals surface area contributed by atoms with E-state index in [-0.39, 0.29) is 16.3 Å². The van der Waals surface area contributed by atoms with E-state index >= 15 is 0 Å². The molecule has 1 amide bonds. The summed E-state index contributed by atoms with van der Waals surface area (Å²) in [7, 11) is -2.38. The number of amides is 1. The number of halogens is 1. The van der Waals surface area contributed by atoms with Crippen molar-refractivity contribution in [1.82, 2.24) is 9.71 Å². The highest BCUT2D eigenvalue weighted by Gasteiger charge is 2.18. The van der Waals surface area contributed by atoms with Crippen LogP contribution in [0.2, 0.25) is 5.02 Å². The fourth-order valence-corrected chi connectivity index (χ4v) is 2.68. The zero-order chi connectivity index (χ0) is 15.5. The number of hydrogen-bond donors (Lipinski definition) is 2. The molecule has 0 spiro atoms. The molecule has 0 radical (unpaired) electrons. The predicted molar refractivity (Wildman–Crippen MR) is 79.9 cm³/mol. The smallest absolute Gasteiger partial charge is 0.274 e. The number of pyridine rings is 1. The molecule has 0 aliphatic heterocycles. The average molecular weight is 326 g/mol. The van der Waals surface area contributed by atoms with Gasteiger partial charge >= 0.3 is 0 Å². The summed E-state index contributed by atoms with van der Waals surface area (Å²) in [6, 6.07) is 9.01. The van der Waals surface area contributed by atoms with Crippen LogP contribution in [0.15, 0.2) is 47.5 Å². The maximum absolute atomic E-state index is 12.1. The lowest BCUT2D eigenvalue weighted by Crippen LogP contribution is -2.22. The maximum atomic E-state index is 12.1. The number of benzene rings is 1. The first kappa shape index (κ1) is 15.4. The Kier molecular flexibility index (Phi) is 4.56. The standard InChI is InChI=1S/C13H12ClN3O3S/c1-15-21(19,20)12-5-3-2-4-10(12)17-13(18)11-8-9(14)6-7-16-11/h2-8,15H,1H3,(H,17,18). The van der Waals surface area contributed by atoms with Gasteiger partial charge in [0, 0.05) is 11.2 Å². The lowest BCUT2D eigenvalue weighted by Gasteiger charge is -2.10. The number of nitrogens with one attached hydrogen (secondary N) is 2. The molecule has 2 aromatic rings. The van der Waals surface area contributed by atoms with E-state index in [1.165, 1.54) is 37.5 Å². The monoisotopic (exact) mass is 325 g/mol. The Labute approximate surface area is 127 Å². The summed E-state index contributed by atoms with van der Waals surface area (Å²) in [5.74, 6) is -0.545. The highest BCUT2D eigenvalue weighted by molar-refractivity contribution is 7.89. The number of carbonyl (C=O) groups is 1. The third kappa shape index (κ3) is 3.57. The number of nitrogens with zero attached hydrogens (tertiary/aromatic N) is 1. The minimum atomic E-state index is -3.68. The van der Waals surface area contributed by atoms with Gasteiger partial charge in [-0.05, 0) is 31.3 Å². The summed E-state index contributed by atoms with van der Waals surface area (Å²) in [5, 5.41) is 2.88. The van der Waals surface area contributed by atoms with Gasteiger partial charge in [-0.25, -0.2) is 13.1 Å². The quantitative estimate of drug-likeness (QED) is 0.898. The van der Waals surface area contributed by atoms with E-state index in [1.54, 1.807) is 12.1 Å². The van der Waals surface area contributed by atoms with Gasteiger partial charge in [-0.3, -0.25) is 9.78 Å². The maximum Gasteiger partial charge on any atom is 0.274 e. The minimum absolute atomic E-state index is 0.0251. The van der Waals surface area contributed by atoms with Gasteiger partial charge in [-0.15, -0.1) is 0 Å². The zero-order valence-electron chi connectivity index (χ0n) is 11.0. The average Bonchev–Trinajstić information content (AvgIpc) is 2.47. The highest BCUT2D eigenvalue weighted by atomic mass is 35.5. The summed E-state index contributed by atoms with van der Waals surface area (Å²) in [4.78, 5) is 15.9. The fraction of sp³-hybridized carbons (Fsp3) is 0.0769. The Bertz CT molecular complexity index is 778. The van der Waals surface area contributed by atoms with Crippen LogP contribution in [-0.4, -0.2) is 26.4 Å². The molecule has 1 aromatic heterocycles. The molecule has 1 aromatic carbocycles. The summed E-state index contributed by atoms with van der Waals surface area (Å²) < 4.78 is 26.0. The van der Waals surface area contributed by atoms with Crippen molar-refractivity contribution in [2.24, 2.45) is 0 Å². The van der Waals surface area contributed by atoms with Crippen LogP contribution in [0.3, 0.4) is 0 Å². The predicted octanol–water partition coefficient (Wildman–Crippen LogP) is 1.90. The number of carbonyl (C=O) groups excluding carboxylic acids is 1. The molecule has 110 valence electrons. The number of aromatic nitrogens is 1. The molecule has 0 saturated heterocycles. The first-order valence-electron chi connectivity index (χ1n) is 5.89. The molecule has 0 fully saturated rings. The van der Waals surface area contributed by atoms with Crippen molar-refractivity contribution >= 4 is 33.2 Å². The summed E-state index contributed by atoms with van der Waals surface area (Å²) >= 11 is 5.79. The third-order valence-electron chi connectivity index (χ3n) is 2.65. The normalized spacial score (nSPS) is 11.1. The van der Waals surface area contributed by atoms with E-state index in [1.807, 2.05) is 0 Å². The summed E-state index contributed by atoms with van der Waals surface area (Å²) in [5.41, 5.74) is 0.262. The van der Waals surface area contributed by atoms with E-state index in [0.29, 0.717) is 5.02 Å². The van der Waals surface area contributed by atoms with Crippen LogP contribution < -0.4 is 10.0 Å². The van der Waals surface area contributed by atoms with Crippen LogP contribution >= 0.6 is 11.6 Å². The van der Waals surface area contributed by atoms with Gasteiger partial charge in [0.2, 0.25) is 10.0 Å². The number of hydrogen-bond acceptors (Lipinski definition) is 4. The van der Waals surface area contributed by atoms with Crippen molar-refractivity contribution in [2.75, 3.05) is 12.4 Å². The Balaban J connectivity index is 2.35. The van der Waals surface area contributed by atoms with Crippen LogP contribution in [0.1, 0.15) is 10.5 Å². The molecule has 6 nitrogen and oxygen atoms in total. The van der Waals surface area contributed by atoms with E-state index in [9.17, 15) is 13.2 Å². The molecule has 21 heavy (non-hydrogen) atoms. The number of para-hydroxylation sites is 1. The van der Waals surface area contributed by atoms with E-state index in [2.05, 4.69) is 15.0 Å². The zero-order valence-corrected chi connectivity index (χ0v) is 12.6. The van der Waals surface area contributed by atoms with E-state index in [0.717, 1.165) is 0 Å². The van der Waals surface area contributed by atoms with Gasteiger partial charge in [-0.2, -0.15) is 0 Å². The number of sulfonamides is 1. The Morgan fingerprint density at radius 2 is 1.95 bits per heavy atom. The molecule has 0 bridgehead atoms. The Hall–Kier alpha value is -1.96. The van der Waals surface area contributed by atoms with Gasteiger partial charge in [0.1, 0.15) is 10.6 Å². The van der Waals surface area contributed by atoms with Crippen LogP contribution in [0.5, 0.6) is 0 Å². The molecule has 0 aliphatic rings. The van der Waals surface area contributed by atoms with Crippen LogP contribution in [0.4, 0.5) is 5.69 Å². The summed E-state index contributed by atoms with van der Waals surface area (Å²) in [6.45, 7) is 0. The van der Waals surface area contributed by atoms with Crippen molar-refractivity contribution in [3.8, 4) is 0 Å². The molecule has 0 atom stereocenters. The van der Waals surface area contributed by atoms with Gasteiger partial charge in [0.05, 0.1) is 5.69 Å². The molecule has 1 heterocycles. The van der Waals surface area contributed by atoms with Crippen LogP contribution in [-0.2, 0) is 10.0 Å². The second kappa shape index (κ2) is 6.21. The molecule has 2 N–H and O–H groups in total. The number of anilines is 1. The van der Waals surface area contributed by atoms with Gasteiger partial charge in [0.25, 0.3) is 5.91 Å². The second-order valence-electron chi connectivity index (χ2n) is 4.02. The third-order valence-corrected chi connectivity index (χ3v) is 4.36. The van der Waals surface area contributed by atoms with Gasteiger partial charge < -0.3 is 5.32 Å². The van der Waals surface area contributed by atoms with Crippen molar-refractivity contribution < 1.29 is 13.2 Å². The first-order valence-corrected chi connectivity index (χ1v) is 7.75. The SMILES string of the molecule is CNS(=O)(=O)c1ccccc1NC(=O)c1cc(Cl)ccn1. The lowest BCUT2D eigenvalue weighted by atomic mass is 10.3. The lowest BCUT2D eigenvalue weighted by molar-refractivity contribution is 0.102. The van der Waals surface area contributed by atoms with Crippen molar-refractivity contribution in [3.05, 3.63) is 53.3 Å². The van der Waals surface area contributed by atoms with Crippen LogP contribution in [0, 0.1) is 0 Å². The van der Waals surface area contributed by atoms with Crippen LogP contribution in [0.25, 0.3) is 0 Å². The van der Waals surface area contributed by atoms with E-state index in [4.69, 9.17) is 11.6 Å². The van der Waals surface area contributed by atoms with Gasteiger partial charge in [-0.1, -0.05) is 23.7 Å². The molecular weight excluding hydrogens is 314 g/mol. The molecule has 0 saturated carbocycles.